The number of carbonyl (C=O) groups excluding carboxylic acids is 5. The second-order valence-electron chi connectivity index (χ2n) is 14.9. The predicted molar refractivity (Wildman–Crippen MR) is 170 cm³/mol. The van der Waals surface area contributed by atoms with Gasteiger partial charge in [-0.15, -0.1) is 6.58 Å². The third kappa shape index (κ3) is 9.27. The molecule has 14 heteroatoms. The molecule has 3 rings (SSSR count). The maximum Gasteiger partial charge on any atom is 0.315 e. The molecule has 0 radical (unpaired) electrons. The standard InChI is InChI=1S/C31H52N6O7S/c1-10-13-32-27(40)24(38)20(14-18-11-12-18)34-26(39)23-22-19(31(22,7)8)16-37(23)28(41)25(30(4,5)6)36-29(42)35-21(17(2)3)15-33-45(9,43)44/h10,17-23,25,33H,1,11-16H2,2-9H3,(H,32,40)(H,34,39)(H2,35,36,42)/t19-,20?,21+,22-,23-,25+/m0/s1. The monoisotopic (exact) mass is 652 g/mol. The molecular formula is C31H52N6O7S. The van der Waals surface area contributed by atoms with E-state index in [-0.39, 0.29) is 42.2 Å². The van der Waals surface area contributed by atoms with Gasteiger partial charge in [0.15, 0.2) is 0 Å². The van der Waals surface area contributed by atoms with Crippen LogP contribution < -0.4 is 26.0 Å². The van der Waals surface area contributed by atoms with E-state index in [1.807, 2.05) is 48.5 Å². The van der Waals surface area contributed by atoms with Crippen LogP contribution in [0.5, 0.6) is 0 Å². The van der Waals surface area contributed by atoms with Gasteiger partial charge in [0.2, 0.25) is 27.6 Å². The number of likely N-dealkylation sites (tertiary alicyclic amines) is 1. The highest BCUT2D eigenvalue weighted by molar-refractivity contribution is 7.88. The van der Waals surface area contributed by atoms with E-state index < -0.39 is 69.1 Å². The number of fused-ring (bicyclic) bond motifs is 1. The van der Waals surface area contributed by atoms with Crippen LogP contribution in [0.3, 0.4) is 0 Å². The molecule has 1 aliphatic heterocycles. The highest BCUT2D eigenvalue weighted by Gasteiger charge is 2.70. The fourth-order valence-corrected chi connectivity index (χ4v) is 6.73. The number of nitrogens with one attached hydrogen (secondary N) is 5. The van der Waals surface area contributed by atoms with Crippen LogP contribution in [0, 0.1) is 34.5 Å². The fourth-order valence-electron chi connectivity index (χ4n) is 6.25. The van der Waals surface area contributed by atoms with Crippen LogP contribution in [0.2, 0.25) is 0 Å². The Morgan fingerprint density at radius 3 is 2.18 bits per heavy atom. The zero-order valence-electron chi connectivity index (χ0n) is 27.9. The van der Waals surface area contributed by atoms with Crippen LogP contribution in [-0.2, 0) is 29.2 Å². The Morgan fingerprint density at radius 2 is 1.67 bits per heavy atom. The molecule has 2 saturated carbocycles. The van der Waals surface area contributed by atoms with Gasteiger partial charge in [0.1, 0.15) is 12.1 Å². The van der Waals surface area contributed by atoms with Gasteiger partial charge in [-0.25, -0.2) is 17.9 Å². The Hall–Kier alpha value is -3.00. The van der Waals surface area contributed by atoms with E-state index in [1.54, 1.807) is 0 Å². The van der Waals surface area contributed by atoms with Gasteiger partial charge in [-0.1, -0.05) is 67.4 Å². The lowest BCUT2D eigenvalue weighted by Gasteiger charge is -2.38. The number of carbonyl (C=O) groups is 5. The van der Waals surface area contributed by atoms with Crippen molar-refractivity contribution in [3.63, 3.8) is 0 Å². The van der Waals surface area contributed by atoms with Crippen LogP contribution in [0.15, 0.2) is 12.7 Å². The molecule has 254 valence electrons. The Bertz CT molecular complexity index is 1290. The normalized spacial score (nSPS) is 24.1. The molecule has 0 aromatic carbocycles. The molecule has 0 spiro atoms. The van der Waals surface area contributed by atoms with Crippen molar-refractivity contribution in [2.45, 2.75) is 91.9 Å². The van der Waals surface area contributed by atoms with E-state index >= 15 is 0 Å². The van der Waals surface area contributed by atoms with Crippen LogP contribution in [0.4, 0.5) is 4.79 Å². The van der Waals surface area contributed by atoms with Crippen molar-refractivity contribution < 1.29 is 32.4 Å². The second-order valence-corrected chi connectivity index (χ2v) is 16.7. The Balaban J connectivity index is 1.80. The first kappa shape index (κ1) is 36.5. The molecule has 45 heavy (non-hydrogen) atoms. The topological polar surface area (TPSA) is 183 Å². The molecule has 6 atom stereocenters. The summed E-state index contributed by atoms with van der Waals surface area (Å²) in [6.45, 7) is 17.2. The van der Waals surface area contributed by atoms with Crippen molar-refractivity contribution in [2.75, 3.05) is 25.9 Å². The number of rotatable bonds is 15. The molecule has 1 heterocycles. The highest BCUT2D eigenvalue weighted by atomic mass is 32.2. The van der Waals surface area contributed by atoms with Crippen molar-refractivity contribution >= 4 is 39.6 Å². The third-order valence-corrected chi connectivity index (χ3v) is 10.1. The summed E-state index contributed by atoms with van der Waals surface area (Å²) >= 11 is 0. The van der Waals surface area contributed by atoms with Gasteiger partial charge < -0.3 is 26.2 Å². The highest BCUT2D eigenvalue weighted by Crippen LogP contribution is 2.65. The van der Waals surface area contributed by atoms with Gasteiger partial charge in [-0.3, -0.25) is 19.2 Å². The number of ketones is 1. The van der Waals surface area contributed by atoms with Gasteiger partial charge in [0.05, 0.1) is 12.3 Å². The number of urea groups is 1. The van der Waals surface area contributed by atoms with Gasteiger partial charge in [0, 0.05) is 25.7 Å². The molecule has 13 nitrogen and oxygen atoms in total. The maximum atomic E-state index is 14.2. The smallest absolute Gasteiger partial charge is 0.315 e. The number of piperidine rings is 1. The number of hydrogen-bond donors (Lipinski definition) is 5. The maximum absolute atomic E-state index is 14.2. The van der Waals surface area contributed by atoms with Crippen molar-refractivity contribution in [3.8, 4) is 0 Å². The number of nitrogens with zero attached hydrogens (tertiary/aromatic N) is 1. The van der Waals surface area contributed by atoms with Crippen molar-refractivity contribution in [1.82, 2.24) is 30.9 Å². The molecule has 0 aromatic rings. The van der Waals surface area contributed by atoms with E-state index in [1.165, 1.54) is 11.0 Å². The van der Waals surface area contributed by atoms with E-state index in [4.69, 9.17) is 0 Å². The van der Waals surface area contributed by atoms with Crippen LogP contribution in [-0.4, -0.2) is 92.9 Å². The number of amides is 5. The largest absolute Gasteiger partial charge is 0.346 e. The molecule has 1 unspecified atom stereocenters. The third-order valence-electron chi connectivity index (χ3n) is 9.36. The van der Waals surface area contributed by atoms with Crippen LogP contribution >= 0.6 is 0 Å². The summed E-state index contributed by atoms with van der Waals surface area (Å²) in [6.07, 6.45) is 4.69. The summed E-state index contributed by atoms with van der Waals surface area (Å²) in [5, 5.41) is 10.9. The summed E-state index contributed by atoms with van der Waals surface area (Å²) < 4.78 is 25.7. The Kier molecular flexibility index (Phi) is 11.2. The second kappa shape index (κ2) is 13.8. The van der Waals surface area contributed by atoms with E-state index in [9.17, 15) is 32.4 Å². The lowest BCUT2D eigenvalue weighted by atomic mass is 9.85. The zero-order chi connectivity index (χ0) is 34.1. The molecule has 0 bridgehead atoms. The Labute approximate surface area is 267 Å². The molecule has 3 fully saturated rings. The molecule has 3 aliphatic rings. The van der Waals surface area contributed by atoms with Gasteiger partial charge >= 0.3 is 6.03 Å². The molecule has 1 saturated heterocycles. The summed E-state index contributed by atoms with van der Waals surface area (Å²) in [4.78, 5) is 68.4. The average Bonchev–Trinajstić information content (AvgIpc) is 3.77. The summed E-state index contributed by atoms with van der Waals surface area (Å²) in [5.41, 5.74) is -0.945. The minimum Gasteiger partial charge on any atom is -0.346 e. The first-order chi connectivity index (χ1) is 20.7. The Morgan fingerprint density at radius 1 is 1.04 bits per heavy atom. The average molecular weight is 653 g/mol. The lowest BCUT2D eigenvalue weighted by molar-refractivity contribution is -0.145. The first-order valence-corrected chi connectivity index (χ1v) is 17.6. The molecular weight excluding hydrogens is 600 g/mol. The van der Waals surface area contributed by atoms with Gasteiger partial charge in [-0.05, 0) is 40.9 Å². The quantitative estimate of drug-likeness (QED) is 0.129. The zero-order valence-corrected chi connectivity index (χ0v) is 28.7. The van der Waals surface area contributed by atoms with E-state index in [0.29, 0.717) is 13.0 Å². The predicted octanol–water partition coefficient (Wildman–Crippen LogP) is 0.913. The summed E-state index contributed by atoms with van der Waals surface area (Å²) in [6, 6.07) is -4.08. The minimum absolute atomic E-state index is 0.0166. The molecule has 5 N–H and O–H groups in total. The first-order valence-electron chi connectivity index (χ1n) is 15.7. The van der Waals surface area contributed by atoms with Gasteiger partial charge in [-0.2, -0.15) is 0 Å². The number of Topliss-reactive ketones (excluding diaryl/α,β-unsaturated/α-hetero) is 1. The van der Waals surface area contributed by atoms with Crippen molar-refractivity contribution in [2.24, 2.45) is 34.5 Å². The number of sulfonamides is 1. The van der Waals surface area contributed by atoms with Gasteiger partial charge in [0.25, 0.3) is 5.91 Å². The van der Waals surface area contributed by atoms with E-state index in [0.717, 1.165) is 19.1 Å². The van der Waals surface area contributed by atoms with Crippen molar-refractivity contribution in [1.29, 1.82) is 0 Å². The van der Waals surface area contributed by atoms with Crippen LogP contribution in [0.1, 0.15) is 67.7 Å². The van der Waals surface area contributed by atoms with Crippen LogP contribution in [0.25, 0.3) is 0 Å². The molecule has 5 amide bonds. The summed E-state index contributed by atoms with van der Waals surface area (Å²) in [7, 11) is -3.48. The molecule has 0 aromatic heterocycles. The van der Waals surface area contributed by atoms with Crippen molar-refractivity contribution in [3.05, 3.63) is 12.7 Å². The number of hydrogen-bond acceptors (Lipinski definition) is 7. The lowest BCUT2D eigenvalue weighted by Crippen LogP contribution is -2.62. The molecule has 2 aliphatic carbocycles. The minimum atomic E-state index is -3.48. The fraction of sp³-hybridized carbons (Fsp3) is 0.774. The SMILES string of the molecule is C=CCNC(=O)C(=O)C(CC1CC1)NC(=O)[C@@H]1[C@@H]2[C@H](CN1C(=O)[C@@H](NC(=O)N[C@H](CNS(C)(=O)=O)C(C)C)C(C)(C)C)C2(C)C. The van der Waals surface area contributed by atoms with E-state index in [2.05, 4.69) is 32.6 Å². The summed E-state index contributed by atoms with van der Waals surface area (Å²) in [5.74, 6) is -2.38.